The molecule has 0 aliphatic carbocycles. The van der Waals surface area contributed by atoms with Gasteiger partial charge in [0.2, 0.25) is 0 Å². The summed E-state index contributed by atoms with van der Waals surface area (Å²) >= 11 is 15.6. The summed E-state index contributed by atoms with van der Waals surface area (Å²) in [6.07, 6.45) is 0. The van der Waals surface area contributed by atoms with E-state index in [1.165, 1.54) is 0 Å². The zero-order chi connectivity index (χ0) is 11.6. The molecule has 0 aliphatic heterocycles. The van der Waals surface area contributed by atoms with Crippen molar-refractivity contribution in [1.82, 2.24) is 0 Å². The van der Waals surface area contributed by atoms with Gasteiger partial charge in [-0.05, 0) is 46.9 Å². The van der Waals surface area contributed by atoms with Gasteiger partial charge in [-0.25, -0.2) is 0 Å². The second-order valence-corrected chi connectivity index (χ2v) is 3.55. The van der Waals surface area contributed by atoms with Crippen LogP contribution in [0.25, 0.3) is 0 Å². The van der Waals surface area contributed by atoms with Crippen LogP contribution in [-0.2, 0) is 0 Å². The topological polar surface area (TPSA) is 51.2 Å². The predicted octanol–water partition coefficient (Wildman–Crippen LogP) is 2.62. The Morgan fingerprint density at radius 3 is 1.53 bits per heavy atom. The van der Waals surface area contributed by atoms with Crippen molar-refractivity contribution < 1.29 is 14.4 Å². The highest BCUT2D eigenvalue weighted by Crippen LogP contribution is 2.15. The molecule has 0 amide bonds. The Labute approximate surface area is 99.9 Å². The summed E-state index contributed by atoms with van der Waals surface area (Å²) in [4.78, 5) is 32.5. The maximum Gasteiger partial charge on any atom is 0.253 e. The molecule has 0 aromatic heterocycles. The first-order valence-electron chi connectivity index (χ1n) is 3.58. The molecule has 1 rings (SSSR count). The predicted molar refractivity (Wildman–Crippen MR) is 55.8 cm³/mol. The molecular weight excluding hydrogens is 262 g/mol. The lowest BCUT2D eigenvalue weighted by atomic mass is 10.1. The van der Waals surface area contributed by atoms with E-state index in [1.807, 2.05) is 0 Å². The lowest BCUT2D eigenvalue weighted by Gasteiger charge is -2.00. The summed E-state index contributed by atoms with van der Waals surface area (Å²) in [5.74, 6) is 0. The first-order valence-corrected chi connectivity index (χ1v) is 4.72. The minimum absolute atomic E-state index is 0.0385. The van der Waals surface area contributed by atoms with E-state index in [1.54, 1.807) is 0 Å². The molecule has 0 atom stereocenters. The van der Waals surface area contributed by atoms with E-state index in [0.29, 0.717) is 0 Å². The fourth-order valence-electron chi connectivity index (χ4n) is 0.895. The number of carbonyl (C=O) groups is 3. The quantitative estimate of drug-likeness (QED) is 0.789. The van der Waals surface area contributed by atoms with Crippen molar-refractivity contribution in [3.05, 3.63) is 34.9 Å². The lowest BCUT2D eigenvalue weighted by Crippen LogP contribution is -2.00. The van der Waals surface area contributed by atoms with Gasteiger partial charge in [0, 0.05) is 22.8 Å². The van der Waals surface area contributed by atoms with Crippen LogP contribution < -0.4 is 0 Å². The van der Waals surface area contributed by atoms with Gasteiger partial charge < -0.3 is 0 Å². The van der Waals surface area contributed by atoms with Crippen LogP contribution in [-0.4, -0.2) is 15.7 Å². The molecule has 1 aromatic carbocycles. The molecule has 0 heterocycles. The Bertz CT molecular complexity index is 375. The summed E-state index contributed by atoms with van der Waals surface area (Å²) in [6.45, 7) is 0. The van der Waals surface area contributed by atoms with Crippen LogP contribution in [0.15, 0.2) is 12.1 Å². The smallest absolute Gasteiger partial charge is 0.253 e. The largest absolute Gasteiger partial charge is 0.276 e. The molecule has 0 aliphatic rings. The summed E-state index contributed by atoms with van der Waals surface area (Å²) < 4.78 is 0. The molecule has 3 nitrogen and oxygen atoms in total. The van der Waals surface area contributed by atoms with E-state index in [2.05, 4.69) is 6.07 Å². The van der Waals surface area contributed by atoms with Gasteiger partial charge in [0.15, 0.2) is 0 Å². The Hall–Kier alpha value is -0.900. The van der Waals surface area contributed by atoms with Crippen LogP contribution in [0.4, 0.5) is 0 Å². The Kier molecular flexibility index (Phi) is 3.85. The average Bonchev–Trinajstić information content (AvgIpc) is 2.16. The number of hydrogen-bond donors (Lipinski definition) is 0. The highest BCUT2D eigenvalue weighted by Gasteiger charge is 2.13. The van der Waals surface area contributed by atoms with Crippen molar-refractivity contribution in [2.24, 2.45) is 0 Å². The third kappa shape index (κ3) is 3.02. The number of halogens is 3. The molecule has 0 bridgehead atoms. The van der Waals surface area contributed by atoms with Crippen LogP contribution >= 0.6 is 34.8 Å². The highest BCUT2D eigenvalue weighted by atomic mass is 35.5. The molecule has 0 fully saturated rings. The van der Waals surface area contributed by atoms with Crippen molar-refractivity contribution in [3.8, 4) is 0 Å². The molecule has 15 heavy (non-hydrogen) atoms. The Morgan fingerprint density at radius 2 is 1.27 bits per heavy atom. The SMILES string of the molecule is O=C(Cl)c1[c]c(C(=O)Cl)cc(C(=O)Cl)c1. The Morgan fingerprint density at radius 1 is 0.867 bits per heavy atom. The van der Waals surface area contributed by atoms with Crippen molar-refractivity contribution in [2.45, 2.75) is 0 Å². The first kappa shape index (κ1) is 12.2. The van der Waals surface area contributed by atoms with Crippen LogP contribution in [0.5, 0.6) is 0 Å². The number of carbonyl (C=O) groups excluding carboxylic acids is 3. The minimum Gasteiger partial charge on any atom is -0.276 e. The summed E-state index contributed by atoms with van der Waals surface area (Å²) in [7, 11) is 0. The third-order valence-corrected chi connectivity index (χ3v) is 2.14. The molecule has 0 saturated heterocycles. The highest BCUT2D eigenvalue weighted by molar-refractivity contribution is 6.70. The molecule has 77 valence electrons. The van der Waals surface area contributed by atoms with E-state index >= 15 is 0 Å². The maximum atomic E-state index is 10.8. The van der Waals surface area contributed by atoms with E-state index in [4.69, 9.17) is 34.8 Å². The molecule has 0 saturated carbocycles. The van der Waals surface area contributed by atoms with Crippen LogP contribution in [0.1, 0.15) is 31.1 Å². The summed E-state index contributed by atoms with van der Waals surface area (Å²) in [6, 6.07) is 4.63. The fraction of sp³-hybridized carbons (Fsp3) is 0. The first-order chi connectivity index (χ1) is 6.91. The van der Waals surface area contributed by atoms with Gasteiger partial charge in [-0.3, -0.25) is 14.4 Å². The van der Waals surface area contributed by atoms with Crippen molar-refractivity contribution in [3.63, 3.8) is 0 Å². The van der Waals surface area contributed by atoms with Gasteiger partial charge in [-0.1, -0.05) is 0 Å². The maximum absolute atomic E-state index is 10.8. The van der Waals surface area contributed by atoms with Crippen LogP contribution in [0, 0.1) is 6.07 Å². The number of hydrogen-bond acceptors (Lipinski definition) is 3. The van der Waals surface area contributed by atoms with E-state index < -0.39 is 15.7 Å². The fourth-order valence-corrected chi connectivity index (χ4v) is 1.21. The van der Waals surface area contributed by atoms with Crippen molar-refractivity contribution in [1.29, 1.82) is 0 Å². The van der Waals surface area contributed by atoms with Crippen molar-refractivity contribution >= 4 is 50.5 Å². The molecule has 1 aromatic rings. The number of rotatable bonds is 3. The summed E-state index contributed by atoms with van der Waals surface area (Å²) in [5, 5.41) is -2.52. The number of benzene rings is 1. The van der Waals surface area contributed by atoms with Gasteiger partial charge in [-0.15, -0.1) is 0 Å². The second kappa shape index (κ2) is 4.75. The minimum atomic E-state index is -0.853. The normalized spacial score (nSPS) is 9.80. The zero-order valence-corrected chi connectivity index (χ0v) is 9.28. The van der Waals surface area contributed by atoms with E-state index in [9.17, 15) is 14.4 Å². The molecule has 0 N–H and O–H groups in total. The molecule has 6 heteroatoms. The van der Waals surface area contributed by atoms with Gasteiger partial charge in [0.25, 0.3) is 15.7 Å². The van der Waals surface area contributed by atoms with Gasteiger partial charge in [0.05, 0.1) is 0 Å². The average molecular weight is 264 g/mol. The van der Waals surface area contributed by atoms with Crippen LogP contribution in [0.2, 0.25) is 0 Å². The Balaban J connectivity index is 3.39. The zero-order valence-electron chi connectivity index (χ0n) is 7.01. The van der Waals surface area contributed by atoms with Crippen LogP contribution in [0.3, 0.4) is 0 Å². The van der Waals surface area contributed by atoms with E-state index in [0.717, 1.165) is 12.1 Å². The monoisotopic (exact) mass is 263 g/mol. The van der Waals surface area contributed by atoms with Gasteiger partial charge in [-0.2, -0.15) is 0 Å². The third-order valence-electron chi connectivity index (χ3n) is 1.52. The molecule has 1 radical (unpaired) electrons. The van der Waals surface area contributed by atoms with Gasteiger partial charge >= 0.3 is 0 Å². The molecular formula is C9H2Cl3O3. The second-order valence-electron chi connectivity index (χ2n) is 2.52. The van der Waals surface area contributed by atoms with Crippen molar-refractivity contribution in [2.75, 3.05) is 0 Å². The summed E-state index contributed by atoms with van der Waals surface area (Å²) in [5.41, 5.74) is -0.303. The van der Waals surface area contributed by atoms with Gasteiger partial charge in [0.1, 0.15) is 0 Å². The van der Waals surface area contributed by atoms with E-state index in [-0.39, 0.29) is 16.7 Å². The molecule has 0 unspecified atom stereocenters. The molecule has 0 spiro atoms. The lowest BCUT2D eigenvalue weighted by molar-refractivity contribution is 0.107. The standard InChI is InChI=1S/C9H2Cl3O3/c10-7(13)4-1-5(8(11)14)3-6(2-4)9(12)15/h1-2H.